The third kappa shape index (κ3) is 5.14. The second-order valence-electron chi connectivity index (χ2n) is 9.94. The van der Waals surface area contributed by atoms with Crippen LogP contribution in [0.5, 0.6) is 0 Å². The molecule has 4 heterocycles. The van der Waals surface area contributed by atoms with Crippen LogP contribution < -0.4 is 4.90 Å². The van der Waals surface area contributed by atoms with Gasteiger partial charge in [-0.2, -0.15) is 0 Å². The fraction of sp³-hybridized carbons (Fsp3) is 0.161. The number of halogens is 1. The molecule has 1 fully saturated rings. The quantitative estimate of drug-likeness (QED) is 0.0553. The van der Waals surface area contributed by atoms with Crippen LogP contribution in [0.25, 0.3) is 11.4 Å². The van der Waals surface area contributed by atoms with Gasteiger partial charge < -0.3 is 14.2 Å². The zero-order valence-corrected chi connectivity index (χ0v) is 26.0. The molecular weight excluding hydrogens is 622 g/mol. The first-order valence-electron chi connectivity index (χ1n) is 13.3. The number of aliphatic hydroxyl groups is 1. The number of hydrogen-bond acceptors (Lipinski definition) is 10. The number of aromatic nitrogens is 4. The van der Waals surface area contributed by atoms with Crippen LogP contribution in [-0.4, -0.2) is 49.5 Å². The Kier molecular flexibility index (Phi) is 7.97. The second-order valence-corrected chi connectivity index (χ2v) is 12.5. The van der Waals surface area contributed by atoms with Crippen molar-refractivity contribution in [1.29, 1.82) is 0 Å². The Bertz CT molecular complexity index is 1990. The van der Waals surface area contributed by atoms with E-state index in [9.17, 15) is 19.5 Å². The third-order valence-corrected chi connectivity index (χ3v) is 9.78. The molecule has 1 aliphatic rings. The Labute approximate surface area is 265 Å². The van der Waals surface area contributed by atoms with Crippen molar-refractivity contribution in [2.24, 2.45) is 0 Å². The SMILES string of the molecule is COC(=O)c1ccc(C2/C(=C(\O)c3nc4c(C)cccn4c3C)C(=O)C(=O)N2c2nnc(SCc3ccccc3Cl)s2)cc1. The van der Waals surface area contributed by atoms with E-state index in [4.69, 9.17) is 16.3 Å². The number of aryl methyl sites for hydroxylation is 2. The van der Waals surface area contributed by atoms with E-state index in [1.165, 1.54) is 35.9 Å². The van der Waals surface area contributed by atoms with E-state index in [2.05, 4.69) is 15.2 Å². The van der Waals surface area contributed by atoms with Gasteiger partial charge in [-0.1, -0.05) is 71.1 Å². The van der Waals surface area contributed by atoms with Gasteiger partial charge in [0.15, 0.2) is 10.1 Å². The van der Waals surface area contributed by atoms with Crippen molar-refractivity contribution in [3.05, 3.63) is 111 Å². The summed E-state index contributed by atoms with van der Waals surface area (Å²) in [6.07, 6.45) is 1.81. The number of hydrogen-bond donors (Lipinski definition) is 1. The summed E-state index contributed by atoms with van der Waals surface area (Å²) in [5.41, 5.74) is 3.80. The number of benzene rings is 2. The number of imidazole rings is 1. The normalized spacial score (nSPS) is 16.2. The smallest absolute Gasteiger partial charge is 0.337 e. The van der Waals surface area contributed by atoms with Crippen LogP contribution in [0.1, 0.15) is 44.5 Å². The van der Waals surface area contributed by atoms with Gasteiger partial charge in [0.2, 0.25) is 5.13 Å². The van der Waals surface area contributed by atoms with Crippen molar-refractivity contribution < 1.29 is 24.2 Å². The Hall–Kier alpha value is -4.52. The van der Waals surface area contributed by atoms with Crippen molar-refractivity contribution in [2.75, 3.05) is 12.0 Å². The van der Waals surface area contributed by atoms with Crippen molar-refractivity contribution in [3.63, 3.8) is 0 Å². The topological polar surface area (TPSA) is 127 Å². The molecule has 222 valence electrons. The van der Waals surface area contributed by atoms with Gasteiger partial charge in [-0.05, 0) is 54.8 Å². The van der Waals surface area contributed by atoms with E-state index in [0.29, 0.717) is 32.0 Å². The zero-order chi connectivity index (χ0) is 31.1. The standard InChI is InChI=1S/C31H24ClN5O5S2/c1-16-7-6-14-36-17(2)23(33-27(16)36)25(38)22-24(18-10-12-19(13-11-18)29(41)42-3)37(28(40)26(22)39)30-34-35-31(44-30)43-15-20-8-4-5-9-21(20)32/h4-14,24,38H,15H2,1-3H3/b25-22+. The number of amides is 1. The summed E-state index contributed by atoms with van der Waals surface area (Å²) in [4.78, 5) is 45.3. The maximum Gasteiger partial charge on any atom is 0.337 e. The Balaban J connectivity index is 1.45. The predicted molar refractivity (Wildman–Crippen MR) is 168 cm³/mol. The number of nitrogens with zero attached hydrogens (tertiary/aromatic N) is 5. The summed E-state index contributed by atoms with van der Waals surface area (Å²) in [7, 11) is 1.28. The summed E-state index contributed by atoms with van der Waals surface area (Å²) in [6.45, 7) is 3.67. The van der Waals surface area contributed by atoms with Gasteiger partial charge >= 0.3 is 11.9 Å². The van der Waals surface area contributed by atoms with E-state index < -0.39 is 29.5 Å². The van der Waals surface area contributed by atoms with Crippen molar-refractivity contribution in [2.45, 2.75) is 30.0 Å². The number of esters is 1. The highest BCUT2D eigenvalue weighted by Crippen LogP contribution is 2.44. The number of carbonyl (C=O) groups is 3. The molecule has 6 rings (SSSR count). The summed E-state index contributed by atoms with van der Waals surface area (Å²) >= 11 is 8.84. The average molecular weight is 646 g/mol. The van der Waals surface area contributed by atoms with Gasteiger partial charge in [-0.3, -0.25) is 14.5 Å². The van der Waals surface area contributed by atoms with Crippen LogP contribution in [0.15, 0.2) is 76.8 Å². The summed E-state index contributed by atoms with van der Waals surface area (Å²) in [6, 6.07) is 16.4. The lowest BCUT2D eigenvalue weighted by Crippen LogP contribution is -2.29. The molecule has 5 aromatic rings. The number of ketones is 1. The van der Waals surface area contributed by atoms with Crippen molar-refractivity contribution in [1.82, 2.24) is 19.6 Å². The number of aliphatic hydroxyl groups excluding tert-OH is 1. The summed E-state index contributed by atoms with van der Waals surface area (Å²) < 4.78 is 7.19. The number of anilines is 1. The number of carbonyl (C=O) groups excluding carboxylic acids is 3. The predicted octanol–water partition coefficient (Wildman–Crippen LogP) is 6.16. The minimum atomic E-state index is -1.07. The number of thioether (sulfide) groups is 1. The molecule has 10 nitrogen and oxygen atoms in total. The zero-order valence-electron chi connectivity index (χ0n) is 23.6. The van der Waals surface area contributed by atoms with Crippen LogP contribution in [0, 0.1) is 13.8 Å². The highest BCUT2D eigenvalue weighted by atomic mass is 35.5. The lowest BCUT2D eigenvalue weighted by Gasteiger charge is -2.22. The Morgan fingerprint density at radius 2 is 1.82 bits per heavy atom. The molecule has 1 aliphatic heterocycles. The molecule has 1 N–H and O–H groups in total. The lowest BCUT2D eigenvalue weighted by atomic mass is 9.95. The molecule has 1 amide bonds. The van der Waals surface area contributed by atoms with Crippen LogP contribution in [0.4, 0.5) is 5.13 Å². The molecule has 2 aromatic carbocycles. The molecule has 1 unspecified atom stereocenters. The van der Waals surface area contributed by atoms with E-state index in [0.717, 1.165) is 22.5 Å². The molecule has 0 aliphatic carbocycles. The average Bonchev–Trinajstić information content (AvgIpc) is 3.71. The molecule has 3 aromatic heterocycles. The highest BCUT2D eigenvalue weighted by Gasteiger charge is 2.49. The van der Waals surface area contributed by atoms with Crippen molar-refractivity contribution in [3.8, 4) is 0 Å². The first kappa shape index (κ1) is 29.5. The molecule has 1 atom stereocenters. The molecule has 0 spiro atoms. The number of Topliss-reactive ketones (excluding diaryl/α,β-unsaturated/α-hetero) is 1. The van der Waals surface area contributed by atoms with E-state index in [1.54, 1.807) is 25.1 Å². The lowest BCUT2D eigenvalue weighted by molar-refractivity contribution is -0.132. The fourth-order valence-corrected chi connectivity index (χ4v) is 7.21. The number of pyridine rings is 1. The fourth-order valence-electron chi connectivity index (χ4n) is 5.05. The van der Waals surface area contributed by atoms with Gasteiger partial charge in [0.25, 0.3) is 5.78 Å². The van der Waals surface area contributed by atoms with Crippen LogP contribution in [0.3, 0.4) is 0 Å². The minimum absolute atomic E-state index is 0.148. The molecule has 13 heteroatoms. The van der Waals surface area contributed by atoms with E-state index in [-0.39, 0.29) is 22.0 Å². The molecule has 1 saturated heterocycles. The number of fused-ring (bicyclic) bond motifs is 1. The summed E-state index contributed by atoms with van der Waals surface area (Å²) in [5, 5.41) is 21.0. The van der Waals surface area contributed by atoms with Gasteiger partial charge in [0, 0.05) is 17.0 Å². The second kappa shape index (κ2) is 11.9. The number of ether oxygens (including phenoxy) is 1. The molecule has 0 bridgehead atoms. The maximum atomic E-state index is 13.7. The van der Waals surface area contributed by atoms with Gasteiger partial charge in [0.05, 0.1) is 30.0 Å². The van der Waals surface area contributed by atoms with Gasteiger partial charge in [-0.25, -0.2) is 9.78 Å². The van der Waals surface area contributed by atoms with Gasteiger partial charge in [0.1, 0.15) is 11.3 Å². The van der Waals surface area contributed by atoms with Crippen molar-refractivity contribution >= 4 is 68.9 Å². The van der Waals surface area contributed by atoms with Crippen LogP contribution >= 0.6 is 34.7 Å². The molecule has 44 heavy (non-hydrogen) atoms. The van der Waals surface area contributed by atoms with Crippen LogP contribution in [-0.2, 0) is 20.1 Å². The van der Waals surface area contributed by atoms with Crippen LogP contribution in [0.2, 0.25) is 5.02 Å². The number of methoxy groups -OCH3 is 1. The van der Waals surface area contributed by atoms with E-state index in [1.807, 2.05) is 47.9 Å². The van der Waals surface area contributed by atoms with Gasteiger partial charge in [-0.15, -0.1) is 10.2 Å². The summed E-state index contributed by atoms with van der Waals surface area (Å²) in [5.74, 6) is -2.18. The number of rotatable bonds is 7. The minimum Gasteiger partial charge on any atom is -0.505 e. The van der Waals surface area contributed by atoms with E-state index >= 15 is 0 Å². The molecular formula is C31H24ClN5O5S2. The first-order chi connectivity index (χ1) is 21.2. The Morgan fingerprint density at radius 1 is 1.07 bits per heavy atom. The monoisotopic (exact) mass is 645 g/mol. The highest BCUT2D eigenvalue weighted by molar-refractivity contribution is 8.00. The Morgan fingerprint density at radius 3 is 2.52 bits per heavy atom. The third-order valence-electron chi connectivity index (χ3n) is 7.31. The molecule has 0 radical (unpaired) electrons. The maximum absolute atomic E-state index is 13.7. The molecule has 0 saturated carbocycles. The first-order valence-corrected chi connectivity index (χ1v) is 15.5. The largest absolute Gasteiger partial charge is 0.505 e.